The first-order chi connectivity index (χ1) is 12.4. The van der Waals surface area contributed by atoms with Gasteiger partial charge in [0.05, 0.1) is 16.6 Å². The molecule has 1 atom stereocenters. The maximum Gasteiger partial charge on any atom is 0.225 e. The Morgan fingerprint density at radius 2 is 1.96 bits per heavy atom. The van der Waals surface area contributed by atoms with Gasteiger partial charge in [-0.3, -0.25) is 4.79 Å². The van der Waals surface area contributed by atoms with Gasteiger partial charge in [0.25, 0.3) is 0 Å². The highest BCUT2D eigenvalue weighted by atomic mass is 16.3. The summed E-state index contributed by atoms with van der Waals surface area (Å²) >= 11 is 0. The second-order valence-corrected chi connectivity index (χ2v) is 9.25. The van der Waals surface area contributed by atoms with Gasteiger partial charge in [0.1, 0.15) is 5.82 Å². The number of benzene rings is 1. The van der Waals surface area contributed by atoms with Crippen LogP contribution in [0.2, 0.25) is 0 Å². The van der Waals surface area contributed by atoms with Crippen LogP contribution in [0.3, 0.4) is 0 Å². The molecule has 3 aliphatic rings. The van der Waals surface area contributed by atoms with Gasteiger partial charge in [-0.25, -0.2) is 4.98 Å². The van der Waals surface area contributed by atoms with Gasteiger partial charge in [0.2, 0.25) is 5.91 Å². The maximum absolute atomic E-state index is 12.6. The Kier molecular flexibility index (Phi) is 3.34. The maximum atomic E-state index is 12.6. The molecule has 2 heterocycles. The van der Waals surface area contributed by atoms with Crippen molar-refractivity contribution in [2.24, 2.45) is 18.4 Å². The molecule has 5 rings (SSSR count). The lowest BCUT2D eigenvalue weighted by molar-refractivity contribution is -0.161. The number of fused-ring (bicyclic) bond motifs is 1. The summed E-state index contributed by atoms with van der Waals surface area (Å²) < 4.78 is 2.25. The largest absolute Gasteiger partial charge is 0.390 e. The minimum absolute atomic E-state index is 0.0411. The highest BCUT2D eigenvalue weighted by Gasteiger charge is 2.53. The molecule has 0 bridgehead atoms. The Hall–Kier alpha value is -1.88. The van der Waals surface area contributed by atoms with E-state index in [1.54, 1.807) is 0 Å². The minimum atomic E-state index is -0.623. The molecule has 1 saturated heterocycles. The molecule has 5 heteroatoms. The topological polar surface area (TPSA) is 58.4 Å². The number of aliphatic hydroxyl groups is 1. The summed E-state index contributed by atoms with van der Waals surface area (Å²) in [6.07, 6.45) is 4.73. The van der Waals surface area contributed by atoms with E-state index in [0.717, 1.165) is 31.4 Å². The molecule has 0 radical (unpaired) electrons. The van der Waals surface area contributed by atoms with E-state index < -0.39 is 5.60 Å². The number of hydrogen-bond acceptors (Lipinski definition) is 3. The Morgan fingerprint density at radius 1 is 1.23 bits per heavy atom. The van der Waals surface area contributed by atoms with Crippen LogP contribution in [0.4, 0.5) is 0 Å². The summed E-state index contributed by atoms with van der Waals surface area (Å²) in [6, 6.07) is 8.33. The number of carbonyl (C=O) groups excluding carboxylic acids is 1. The molecule has 1 N–H and O–H groups in total. The molecule has 1 spiro atoms. The molecule has 1 aromatic carbocycles. The standard InChI is InChI=1S/C21H27N3O2/c1-20(26)9-15(10-20)19(25)24-12-21(13-24)8-7-14(11-21)18-22-16-5-3-4-6-17(16)23(18)2/h3-6,14-15,26H,7-13H2,1-2H3/t14-,15?,20?/m1/s1. The van der Waals surface area contributed by atoms with Crippen molar-refractivity contribution in [3.8, 4) is 0 Å². The van der Waals surface area contributed by atoms with E-state index in [2.05, 4.69) is 29.8 Å². The molecule has 2 aliphatic carbocycles. The van der Waals surface area contributed by atoms with Crippen LogP contribution in [-0.4, -0.2) is 44.2 Å². The van der Waals surface area contributed by atoms with Crippen LogP contribution >= 0.6 is 0 Å². The van der Waals surface area contributed by atoms with Gasteiger partial charge in [-0.05, 0) is 51.2 Å². The summed E-state index contributed by atoms with van der Waals surface area (Å²) in [4.78, 5) is 19.5. The number of likely N-dealkylation sites (tertiary alicyclic amines) is 1. The molecule has 5 nitrogen and oxygen atoms in total. The highest BCUT2D eigenvalue weighted by molar-refractivity contribution is 5.81. The van der Waals surface area contributed by atoms with E-state index in [9.17, 15) is 9.90 Å². The molecule has 26 heavy (non-hydrogen) atoms. The Morgan fingerprint density at radius 3 is 2.65 bits per heavy atom. The van der Waals surface area contributed by atoms with Crippen molar-refractivity contribution in [2.75, 3.05) is 13.1 Å². The number of imidazole rings is 1. The van der Waals surface area contributed by atoms with Crippen LogP contribution in [0.15, 0.2) is 24.3 Å². The molecule has 2 aromatic rings. The van der Waals surface area contributed by atoms with Gasteiger partial charge in [-0.1, -0.05) is 12.1 Å². The van der Waals surface area contributed by atoms with E-state index in [1.165, 1.54) is 17.8 Å². The van der Waals surface area contributed by atoms with Crippen LogP contribution in [0.5, 0.6) is 0 Å². The van der Waals surface area contributed by atoms with Crippen LogP contribution in [0, 0.1) is 11.3 Å². The highest BCUT2D eigenvalue weighted by Crippen LogP contribution is 2.52. The lowest BCUT2D eigenvalue weighted by atomic mass is 9.69. The molecule has 1 aliphatic heterocycles. The van der Waals surface area contributed by atoms with Crippen molar-refractivity contribution in [3.63, 3.8) is 0 Å². The van der Waals surface area contributed by atoms with E-state index in [4.69, 9.17) is 4.98 Å². The molecule has 1 amide bonds. The molecule has 3 fully saturated rings. The molecule has 138 valence electrons. The van der Waals surface area contributed by atoms with Gasteiger partial charge >= 0.3 is 0 Å². The average molecular weight is 353 g/mol. The van der Waals surface area contributed by atoms with Gasteiger partial charge < -0.3 is 14.6 Å². The number of para-hydroxylation sites is 2. The predicted octanol–water partition coefficient (Wildman–Crippen LogP) is 2.83. The normalized spacial score (nSPS) is 32.7. The van der Waals surface area contributed by atoms with Crippen molar-refractivity contribution in [1.82, 2.24) is 14.5 Å². The number of hydrogen-bond donors (Lipinski definition) is 1. The SMILES string of the molecule is Cn1c([C@@H]2CCC3(C2)CN(C(=O)C2CC(C)(O)C2)C3)nc2ccccc21. The third kappa shape index (κ3) is 2.40. The Bertz CT molecular complexity index is 871. The fourth-order valence-electron chi connectivity index (χ4n) is 5.60. The second kappa shape index (κ2) is 5.32. The quantitative estimate of drug-likeness (QED) is 0.903. The summed E-state index contributed by atoms with van der Waals surface area (Å²) in [5, 5.41) is 9.88. The lowest BCUT2D eigenvalue weighted by Crippen LogP contribution is -2.61. The molecule has 1 aromatic heterocycles. The summed E-state index contributed by atoms with van der Waals surface area (Å²) in [6.45, 7) is 3.61. The van der Waals surface area contributed by atoms with Crippen LogP contribution in [-0.2, 0) is 11.8 Å². The first-order valence-electron chi connectivity index (χ1n) is 9.78. The molecule has 2 saturated carbocycles. The molecular weight excluding hydrogens is 326 g/mol. The zero-order valence-electron chi connectivity index (χ0n) is 15.6. The number of amides is 1. The van der Waals surface area contributed by atoms with Crippen LogP contribution < -0.4 is 0 Å². The summed E-state index contributed by atoms with van der Waals surface area (Å²) in [5.74, 6) is 1.99. The third-order valence-corrected chi connectivity index (χ3v) is 6.98. The van der Waals surface area contributed by atoms with Gasteiger partial charge in [0, 0.05) is 37.4 Å². The second-order valence-electron chi connectivity index (χ2n) is 9.25. The smallest absolute Gasteiger partial charge is 0.225 e. The van der Waals surface area contributed by atoms with Crippen molar-refractivity contribution < 1.29 is 9.90 Å². The van der Waals surface area contributed by atoms with E-state index in [1.807, 2.05) is 17.9 Å². The van der Waals surface area contributed by atoms with Crippen molar-refractivity contribution in [3.05, 3.63) is 30.1 Å². The number of rotatable bonds is 2. The molecular formula is C21H27N3O2. The van der Waals surface area contributed by atoms with Crippen LogP contribution in [0.25, 0.3) is 11.0 Å². The van der Waals surface area contributed by atoms with Crippen molar-refractivity contribution in [2.45, 2.75) is 50.5 Å². The van der Waals surface area contributed by atoms with Gasteiger partial charge in [-0.15, -0.1) is 0 Å². The predicted molar refractivity (Wildman–Crippen MR) is 99.7 cm³/mol. The van der Waals surface area contributed by atoms with Crippen molar-refractivity contribution in [1.29, 1.82) is 0 Å². The number of carbonyl (C=O) groups is 1. The number of nitrogens with zero attached hydrogens (tertiary/aromatic N) is 3. The lowest BCUT2D eigenvalue weighted by Gasteiger charge is -2.52. The van der Waals surface area contributed by atoms with E-state index >= 15 is 0 Å². The van der Waals surface area contributed by atoms with Gasteiger partial charge in [0.15, 0.2) is 0 Å². The average Bonchev–Trinajstić information content (AvgIpc) is 3.13. The van der Waals surface area contributed by atoms with E-state index in [0.29, 0.717) is 24.2 Å². The fourth-order valence-corrected chi connectivity index (χ4v) is 5.60. The third-order valence-electron chi connectivity index (χ3n) is 6.98. The Labute approximate surface area is 154 Å². The van der Waals surface area contributed by atoms with Gasteiger partial charge in [-0.2, -0.15) is 0 Å². The first kappa shape index (κ1) is 16.3. The number of aromatic nitrogens is 2. The summed E-state index contributed by atoms with van der Waals surface area (Å²) in [5.41, 5.74) is 1.95. The van der Waals surface area contributed by atoms with E-state index in [-0.39, 0.29) is 11.8 Å². The first-order valence-corrected chi connectivity index (χ1v) is 9.78. The monoisotopic (exact) mass is 353 g/mol. The summed E-state index contributed by atoms with van der Waals surface area (Å²) in [7, 11) is 2.12. The fraction of sp³-hybridized carbons (Fsp3) is 0.619. The van der Waals surface area contributed by atoms with Crippen molar-refractivity contribution >= 4 is 16.9 Å². The Balaban J connectivity index is 1.25. The number of aryl methyl sites for hydroxylation is 1. The molecule has 0 unspecified atom stereocenters. The zero-order valence-corrected chi connectivity index (χ0v) is 15.6. The van der Waals surface area contributed by atoms with Crippen LogP contribution in [0.1, 0.15) is 50.8 Å². The zero-order chi connectivity index (χ0) is 18.1. The minimum Gasteiger partial charge on any atom is -0.390 e.